The molecule has 0 unspecified atom stereocenters. The summed E-state index contributed by atoms with van der Waals surface area (Å²) < 4.78 is 0.713. The summed E-state index contributed by atoms with van der Waals surface area (Å²) in [7, 11) is 0. The van der Waals surface area contributed by atoms with E-state index in [2.05, 4.69) is 31.4 Å². The van der Waals surface area contributed by atoms with Crippen LogP contribution in [-0.2, 0) is 0 Å². The lowest BCUT2D eigenvalue weighted by Gasteiger charge is -2.03. The molecule has 1 aromatic carbocycles. The molecule has 2 aromatic rings. The van der Waals surface area contributed by atoms with Gasteiger partial charge in [-0.2, -0.15) is 5.10 Å². The van der Waals surface area contributed by atoms with Crippen LogP contribution in [0.4, 0.5) is 5.13 Å². The van der Waals surface area contributed by atoms with Gasteiger partial charge in [0.1, 0.15) is 5.75 Å². The molecule has 0 atom stereocenters. The first-order chi connectivity index (χ1) is 8.58. The zero-order valence-corrected chi connectivity index (χ0v) is 12.5. The van der Waals surface area contributed by atoms with E-state index in [1.54, 1.807) is 12.1 Å². The van der Waals surface area contributed by atoms with Gasteiger partial charge in [0, 0.05) is 9.85 Å². The number of halogens is 2. The maximum Gasteiger partial charge on any atom is 0.203 e. The Labute approximate surface area is 121 Å². The highest BCUT2D eigenvalue weighted by Crippen LogP contribution is 2.31. The lowest BCUT2D eigenvalue weighted by atomic mass is 10.2. The van der Waals surface area contributed by atoms with Gasteiger partial charge in [0.2, 0.25) is 5.13 Å². The summed E-state index contributed by atoms with van der Waals surface area (Å²) in [5, 5.41) is 16.7. The van der Waals surface area contributed by atoms with E-state index in [0.717, 1.165) is 5.69 Å². The monoisotopic (exact) mass is 345 g/mol. The topological polar surface area (TPSA) is 57.5 Å². The van der Waals surface area contributed by atoms with Crippen LogP contribution in [0.5, 0.6) is 5.75 Å². The summed E-state index contributed by atoms with van der Waals surface area (Å²) in [6.45, 7) is 1.91. The zero-order valence-electron chi connectivity index (χ0n) is 9.32. The third-order valence-electron chi connectivity index (χ3n) is 2.09. The van der Waals surface area contributed by atoms with Crippen molar-refractivity contribution in [3.63, 3.8) is 0 Å². The molecule has 94 valence electrons. The number of aromatic hydroxyl groups is 1. The molecule has 0 fully saturated rings. The minimum absolute atomic E-state index is 0.00749. The molecule has 0 bridgehead atoms. The second-order valence-corrected chi connectivity index (χ2v) is 5.58. The lowest BCUT2D eigenvalue weighted by Crippen LogP contribution is -1.92. The quantitative estimate of drug-likeness (QED) is 0.652. The number of anilines is 1. The van der Waals surface area contributed by atoms with Gasteiger partial charge in [-0.05, 0) is 35.0 Å². The van der Waals surface area contributed by atoms with Crippen LogP contribution >= 0.6 is 38.9 Å². The van der Waals surface area contributed by atoms with E-state index in [-0.39, 0.29) is 10.8 Å². The van der Waals surface area contributed by atoms with E-state index >= 15 is 0 Å². The van der Waals surface area contributed by atoms with Gasteiger partial charge >= 0.3 is 0 Å². The Morgan fingerprint density at radius 2 is 2.33 bits per heavy atom. The van der Waals surface area contributed by atoms with Crippen molar-refractivity contribution in [1.82, 2.24) is 4.98 Å². The van der Waals surface area contributed by atoms with Crippen molar-refractivity contribution in [3.05, 3.63) is 38.3 Å². The van der Waals surface area contributed by atoms with Crippen molar-refractivity contribution in [2.75, 3.05) is 5.43 Å². The van der Waals surface area contributed by atoms with Crippen molar-refractivity contribution in [2.24, 2.45) is 5.10 Å². The number of benzene rings is 1. The summed E-state index contributed by atoms with van der Waals surface area (Å²) in [5.74, 6) is -0.00749. The van der Waals surface area contributed by atoms with Crippen molar-refractivity contribution < 1.29 is 5.11 Å². The second-order valence-electron chi connectivity index (χ2n) is 3.46. The third-order valence-corrected chi connectivity index (χ3v) is 3.95. The fourth-order valence-electron chi connectivity index (χ4n) is 1.24. The highest BCUT2D eigenvalue weighted by Gasteiger charge is 2.07. The van der Waals surface area contributed by atoms with Crippen LogP contribution in [0.15, 0.2) is 27.1 Å². The molecule has 0 aliphatic heterocycles. The maximum atomic E-state index is 9.79. The summed E-state index contributed by atoms with van der Waals surface area (Å²) in [6.07, 6.45) is 1.49. The van der Waals surface area contributed by atoms with Crippen LogP contribution in [-0.4, -0.2) is 16.3 Å². The van der Waals surface area contributed by atoms with Crippen molar-refractivity contribution in [1.29, 1.82) is 0 Å². The number of thiazole rings is 1. The van der Waals surface area contributed by atoms with Crippen LogP contribution in [0.2, 0.25) is 5.02 Å². The normalized spacial score (nSPS) is 11.1. The molecule has 18 heavy (non-hydrogen) atoms. The average molecular weight is 347 g/mol. The molecular weight excluding hydrogens is 338 g/mol. The molecule has 2 rings (SSSR count). The van der Waals surface area contributed by atoms with Crippen LogP contribution in [0, 0.1) is 6.92 Å². The zero-order chi connectivity index (χ0) is 13.1. The first kappa shape index (κ1) is 13.3. The van der Waals surface area contributed by atoms with Gasteiger partial charge in [0.15, 0.2) is 0 Å². The molecule has 0 aliphatic rings. The Bertz CT molecular complexity index is 600. The fourth-order valence-corrected chi connectivity index (χ4v) is 2.46. The van der Waals surface area contributed by atoms with Crippen molar-refractivity contribution in [2.45, 2.75) is 6.92 Å². The standard InChI is InChI=1S/C11H9BrClN3OS/c1-6-5-18-11(15-6)16-14-4-7-8(12)2-3-9(13)10(7)17/h2-5,17H,1H3,(H,15,16). The number of nitrogens with one attached hydrogen (secondary N) is 1. The second kappa shape index (κ2) is 5.69. The summed E-state index contributed by atoms with van der Waals surface area (Å²) in [5.41, 5.74) is 4.24. The van der Waals surface area contributed by atoms with Crippen molar-refractivity contribution in [3.8, 4) is 5.75 Å². The molecule has 2 N–H and O–H groups in total. The minimum Gasteiger partial charge on any atom is -0.506 e. The molecule has 0 amide bonds. The Hall–Kier alpha value is -1.11. The van der Waals surface area contributed by atoms with E-state index in [4.69, 9.17) is 11.6 Å². The Morgan fingerprint density at radius 3 is 3.00 bits per heavy atom. The van der Waals surface area contributed by atoms with Gasteiger partial charge in [-0.1, -0.05) is 11.6 Å². The average Bonchev–Trinajstić information content (AvgIpc) is 2.74. The van der Waals surface area contributed by atoms with Crippen molar-refractivity contribution >= 4 is 50.2 Å². The number of nitrogens with zero attached hydrogens (tertiary/aromatic N) is 2. The molecular formula is C11H9BrClN3OS. The summed E-state index contributed by atoms with van der Waals surface area (Å²) in [6, 6.07) is 3.35. The van der Waals surface area contributed by atoms with Gasteiger partial charge in [-0.3, -0.25) is 5.43 Å². The fraction of sp³-hybridized carbons (Fsp3) is 0.0909. The van der Waals surface area contributed by atoms with Crippen LogP contribution in [0.1, 0.15) is 11.3 Å². The number of phenolic OH excluding ortho intramolecular Hbond substituents is 1. The first-order valence-corrected chi connectivity index (χ1v) is 7.01. The summed E-state index contributed by atoms with van der Waals surface area (Å²) >= 11 is 10.6. The highest BCUT2D eigenvalue weighted by molar-refractivity contribution is 9.10. The molecule has 1 heterocycles. The van der Waals surface area contributed by atoms with Gasteiger partial charge in [-0.25, -0.2) is 4.98 Å². The van der Waals surface area contributed by atoms with Crippen LogP contribution in [0.3, 0.4) is 0 Å². The number of phenols is 1. The molecule has 4 nitrogen and oxygen atoms in total. The summed E-state index contributed by atoms with van der Waals surface area (Å²) in [4.78, 5) is 4.20. The smallest absolute Gasteiger partial charge is 0.203 e. The molecule has 0 saturated heterocycles. The minimum atomic E-state index is -0.00749. The number of aryl methyl sites for hydroxylation is 1. The number of rotatable bonds is 3. The molecule has 0 spiro atoms. The largest absolute Gasteiger partial charge is 0.506 e. The van der Waals surface area contributed by atoms with E-state index in [1.165, 1.54) is 17.6 Å². The Kier molecular flexibility index (Phi) is 4.21. The van der Waals surface area contributed by atoms with E-state index < -0.39 is 0 Å². The first-order valence-electron chi connectivity index (χ1n) is 4.96. The number of hydrogen-bond donors (Lipinski definition) is 2. The molecule has 0 radical (unpaired) electrons. The predicted molar refractivity (Wildman–Crippen MR) is 78.9 cm³/mol. The third kappa shape index (κ3) is 3.01. The van der Waals surface area contributed by atoms with Crippen LogP contribution < -0.4 is 5.43 Å². The van der Waals surface area contributed by atoms with Gasteiger partial charge in [0.05, 0.1) is 22.5 Å². The number of hydrogen-bond acceptors (Lipinski definition) is 5. The predicted octanol–water partition coefficient (Wildman–Crippen LogP) is 4.02. The molecule has 1 aromatic heterocycles. The van der Waals surface area contributed by atoms with Gasteiger partial charge in [0.25, 0.3) is 0 Å². The Morgan fingerprint density at radius 1 is 1.56 bits per heavy atom. The maximum absolute atomic E-state index is 9.79. The highest BCUT2D eigenvalue weighted by atomic mass is 79.9. The van der Waals surface area contributed by atoms with E-state index in [9.17, 15) is 5.11 Å². The van der Waals surface area contributed by atoms with E-state index in [1.807, 2.05) is 12.3 Å². The number of aromatic nitrogens is 1. The SMILES string of the molecule is Cc1csc(NN=Cc2c(Br)ccc(Cl)c2O)n1. The molecule has 0 saturated carbocycles. The lowest BCUT2D eigenvalue weighted by molar-refractivity contribution is 0.474. The van der Waals surface area contributed by atoms with Gasteiger partial charge < -0.3 is 5.11 Å². The number of hydrazone groups is 1. The van der Waals surface area contributed by atoms with Gasteiger partial charge in [-0.15, -0.1) is 11.3 Å². The van der Waals surface area contributed by atoms with E-state index in [0.29, 0.717) is 15.2 Å². The van der Waals surface area contributed by atoms with Crippen LogP contribution in [0.25, 0.3) is 0 Å². The molecule has 7 heteroatoms. The molecule has 0 aliphatic carbocycles. The Balaban J connectivity index is 2.16.